The molecule has 9 heteroatoms. The molecule has 1 unspecified atom stereocenters. The molecule has 2 amide bonds. The van der Waals surface area contributed by atoms with E-state index in [1.54, 1.807) is 54.3 Å². The molecule has 0 spiro atoms. The third kappa shape index (κ3) is 5.52. The summed E-state index contributed by atoms with van der Waals surface area (Å²) in [6, 6.07) is 8.11. The van der Waals surface area contributed by atoms with E-state index in [-0.39, 0.29) is 36.6 Å². The fraction of sp³-hybridized carbons (Fsp3) is 0.267. The van der Waals surface area contributed by atoms with Crippen molar-refractivity contribution in [2.75, 3.05) is 18.4 Å². The van der Waals surface area contributed by atoms with Crippen LogP contribution in [0.1, 0.15) is 23.3 Å². The molecule has 132 valence electrons. The highest BCUT2D eigenvalue weighted by Gasteiger charge is 2.18. The van der Waals surface area contributed by atoms with E-state index in [9.17, 15) is 9.59 Å². The number of halogens is 2. The first-order valence-corrected chi connectivity index (χ1v) is 7.00. The number of hydrogen-bond donors (Lipinski definition) is 3. The number of para-hydroxylation sites is 1. The molecule has 2 aromatic rings. The molecule has 0 saturated heterocycles. The molecule has 7 nitrogen and oxygen atoms in total. The van der Waals surface area contributed by atoms with Gasteiger partial charge in [-0.05, 0) is 25.1 Å². The number of nitrogens with one attached hydrogen (secondary N) is 2. The Hall–Kier alpha value is -2.09. The number of carbonyl (C=O) groups excluding carboxylic acids is 2. The van der Waals surface area contributed by atoms with Gasteiger partial charge < -0.3 is 16.4 Å². The van der Waals surface area contributed by atoms with Gasteiger partial charge in [-0.2, -0.15) is 5.10 Å². The minimum atomic E-state index is -0.477. The van der Waals surface area contributed by atoms with Crippen LogP contribution >= 0.6 is 24.8 Å². The van der Waals surface area contributed by atoms with Gasteiger partial charge in [0.25, 0.3) is 5.91 Å². The van der Waals surface area contributed by atoms with E-state index in [0.29, 0.717) is 24.3 Å². The highest BCUT2D eigenvalue weighted by atomic mass is 35.5. The lowest BCUT2D eigenvalue weighted by Crippen LogP contribution is -2.30. The Morgan fingerprint density at radius 1 is 1.25 bits per heavy atom. The summed E-state index contributed by atoms with van der Waals surface area (Å²) < 4.78 is 1.55. The van der Waals surface area contributed by atoms with Gasteiger partial charge in [-0.3, -0.25) is 14.3 Å². The molecule has 0 aliphatic heterocycles. The number of anilines is 1. The van der Waals surface area contributed by atoms with E-state index in [4.69, 9.17) is 5.73 Å². The predicted molar refractivity (Wildman–Crippen MR) is 97.9 cm³/mol. The molecule has 24 heavy (non-hydrogen) atoms. The molecule has 0 radical (unpaired) electrons. The maximum atomic E-state index is 12.3. The first-order chi connectivity index (χ1) is 10.6. The lowest BCUT2D eigenvalue weighted by atomic mass is 10.1. The maximum absolute atomic E-state index is 12.3. The second-order valence-corrected chi connectivity index (χ2v) is 4.74. The molecule has 0 aliphatic carbocycles. The number of carbonyl (C=O) groups is 2. The second-order valence-electron chi connectivity index (χ2n) is 4.74. The van der Waals surface area contributed by atoms with Crippen molar-refractivity contribution in [1.29, 1.82) is 0 Å². The maximum Gasteiger partial charge on any atom is 0.253 e. The van der Waals surface area contributed by atoms with Gasteiger partial charge in [0.15, 0.2) is 0 Å². The van der Waals surface area contributed by atoms with Crippen LogP contribution in [0.3, 0.4) is 0 Å². The Morgan fingerprint density at radius 2 is 1.96 bits per heavy atom. The van der Waals surface area contributed by atoms with Crippen molar-refractivity contribution < 1.29 is 9.59 Å². The minimum Gasteiger partial charge on any atom is -0.351 e. The van der Waals surface area contributed by atoms with E-state index >= 15 is 0 Å². The largest absolute Gasteiger partial charge is 0.351 e. The summed E-state index contributed by atoms with van der Waals surface area (Å²) in [4.78, 5) is 24.3. The van der Waals surface area contributed by atoms with Crippen molar-refractivity contribution in [1.82, 2.24) is 15.1 Å². The monoisotopic (exact) mass is 373 g/mol. The average Bonchev–Trinajstić information content (AvgIpc) is 3.06. The Labute approximate surface area is 152 Å². The molecule has 2 rings (SSSR count). The molecular weight excluding hydrogens is 353 g/mol. The molecule has 0 saturated carbocycles. The third-order valence-corrected chi connectivity index (χ3v) is 3.16. The lowest BCUT2D eigenvalue weighted by molar-refractivity contribution is -0.119. The normalized spacial score (nSPS) is 10.8. The van der Waals surface area contributed by atoms with Gasteiger partial charge in [0.05, 0.1) is 11.3 Å². The number of rotatable bonds is 6. The van der Waals surface area contributed by atoms with E-state index in [1.807, 2.05) is 0 Å². The minimum absolute atomic E-state index is 0. The summed E-state index contributed by atoms with van der Waals surface area (Å²) in [6.45, 7) is 2.47. The van der Waals surface area contributed by atoms with E-state index in [0.717, 1.165) is 0 Å². The third-order valence-electron chi connectivity index (χ3n) is 3.16. The fourth-order valence-corrected chi connectivity index (χ4v) is 1.94. The first kappa shape index (κ1) is 21.9. The number of nitrogens with zero attached hydrogens (tertiary/aromatic N) is 2. The second kappa shape index (κ2) is 10.6. The summed E-state index contributed by atoms with van der Waals surface area (Å²) >= 11 is 0. The number of aromatic nitrogens is 2. The molecule has 1 heterocycles. The van der Waals surface area contributed by atoms with Crippen LogP contribution in [0.2, 0.25) is 0 Å². The summed E-state index contributed by atoms with van der Waals surface area (Å²) in [5.41, 5.74) is 6.23. The van der Waals surface area contributed by atoms with Crippen molar-refractivity contribution >= 4 is 42.3 Å². The zero-order valence-electron chi connectivity index (χ0n) is 13.1. The summed E-state index contributed by atoms with van der Waals surface area (Å²) in [5.74, 6) is -0.518. The molecule has 1 aromatic carbocycles. The lowest BCUT2D eigenvalue weighted by Gasteiger charge is -2.15. The molecular formula is C15H21Cl2N5O2. The molecule has 0 bridgehead atoms. The van der Waals surface area contributed by atoms with Crippen LogP contribution in [-0.4, -0.2) is 34.7 Å². The molecule has 4 N–H and O–H groups in total. The quantitative estimate of drug-likeness (QED) is 0.715. The molecule has 1 atom stereocenters. The van der Waals surface area contributed by atoms with Gasteiger partial charge in [0, 0.05) is 25.5 Å². The van der Waals surface area contributed by atoms with Crippen LogP contribution < -0.4 is 16.4 Å². The Kier molecular flexibility index (Phi) is 9.71. The first-order valence-electron chi connectivity index (χ1n) is 7.00. The summed E-state index contributed by atoms with van der Waals surface area (Å²) in [7, 11) is 0. The van der Waals surface area contributed by atoms with Gasteiger partial charge in [-0.25, -0.2) is 0 Å². The van der Waals surface area contributed by atoms with E-state index in [2.05, 4.69) is 15.7 Å². The predicted octanol–water partition coefficient (Wildman–Crippen LogP) is 1.61. The Balaban J connectivity index is 0.00000264. The zero-order valence-corrected chi connectivity index (χ0v) is 14.8. The highest BCUT2D eigenvalue weighted by molar-refractivity contribution is 6.04. The molecule has 0 fully saturated rings. The summed E-state index contributed by atoms with van der Waals surface area (Å²) in [5, 5.41) is 9.49. The van der Waals surface area contributed by atoms with Crippen LogP contribution in [0, 0.1) is 0 Å². The SMILES string of the molecule is CC(C(=O)Nc1ccccc1C(=O)NCCN)n1cccn1.Cl.Cl. The van der Waals surface area contributed by atoms with Crippen molar-refractivity contribution in [2.24, 2.45) is 5.73 Å². The van der Waals surface area contributed by atoms with Gasteiger partial charge in [0.1, 0.15) is 6.04 Å². The summed E-state index contributed by atoms with van der Waals surface area (Å²) in [6.07, 6.45) is 3.32. The van der Waals surface area contributed by atoms with Crippen LogP contribution in [0.4, 0.5) is 5.69 Å². The van der Waals surface area contributed by atoms with Crippen molar-refractivity contribution in [3.05, 3.63) is 48.3 Å². The molecule has 0 aliphatic rings. The van der Waals surface area contributed by atoms with Gasteiger partial charge in [0.2, 0.25) is 5.91 Å². The van der Waals surface area contributed by atoms with Crippen molar-refractivity contribution in [3.63, 3.8) is 0 Å². The van der Waals surface area contributed by atoms with Gasteiger partial charge >= 0.3 is 0 Å². The van der Waals surface area contributed by atoms with Gasteiger partial charge in [-0.15, -0.1) is 24.8 Å². The van der Waals surface area contributed by atoms with Crippen molar-refractivity contribution in [3.8, 4) is 0 Å². The number of nitrogens with two attached hydrogens (primary N) is 1. The number of benzene rings is 1. The smallest absolute Gasteiger partial charge is 0.253 e. The topological polar surface area (TPSA) is 102 Å². The van der Waals surface area contributed by atoms with Crippen LogP contribution in [-0.2, 0) is 4.79 Å². The molecule has 1 aromatic heterocycles. The number of amides is 2. The van der Waals surface area contributed by atoms with Gasteiger partial charge in [-0.1, -0.05) is 12.1 Å². The fourth-order valence-electron chi connectivity index (χ4n) is 1.94. The van der Waals surface area contributed by atoms with E-state index < -0.39 is 6.04 Å². The van der Waals surface area contributed by atoms with Crippen LogP contribution in [0.25, 0.3) is 0 Å². The van der Waals surface area contributed by atoms with Crippen molar-refractivity contribution in [2.45, 2.75) is 13.0 Å². The average molecular weight is 374 g/mol. The van der Waals surface area contributed by atoms with Crippen LogP contribution in [0.5, 0.6) is 0 Å². The standard InChI is InChI=1S/C15H19N5O2.2ClH/c1-11(20-10-4-8-18-20)14(21)19-13-6-3-2-5-12(13)15(22)17-9-7-16;;/h2-6,8,10-11H,7,9,16H2,1H3,(H,17,22)(H,19,21);2*1H. The Morgan fingerprint density at radius 3 is 2.58 bits per heavy atom. The Bertz CT molecular complexity index is 649. The highest BCUT2D eigenvalue weighted by Crippen LogP contribution is 2.17. The zero-order chi connectivity index (χ0) is 15.9. The van der Waals surface area contributed by atoms with E-state index in [1.165, 1.54) is 0 Å². The number of hydrogen-bond acceptors (Lipinski definition) is 4. The van der Waals surface area contributed by atoms with Crippen LogP contribution in [0.15, 0.2) is 42.7 Å².